The summed E-state index contributed by atoms with van der Waals surface area (Å²) < 4.78 is 32.5. The standard InChI is InChI=1S/C19H15NO3S/c1-24(21,22)20-18-17-15-10-6-5-7-13(15)11-12-16(17)23-19(18)14-8-3-2-4-9-14/h2-12,20H,1H3. The number of fused-ring (bicyclic) bond motifs is 3. The lowest BCUT2D eigenvalue weighted by atomic mass is 10.0. The Kier molecular flexibility index (Phi) is 3.32. The molecule has 4 aromatic rings. The molecule has 0 fully saturated rings. The topological polar surface area (TPSA) is 59.3 Å². The summed E-state index contributed by atoms with van der Waals surface area (Å²) in [5, 5.41) is 2.76. The number of hydrogen-bond donors (Lipinski definition) is 1. The molecular formula is C19H15NO3S. The molecule has 3 aromatic carbocycles. The van der Waals surface area contributed by atoms with Crippen molar-refractivity contribution in [3.63, 3.8) is 0 Å². The summed E-state index contributed by atoms with van der Waals surface area (Å²) in [5.74, 6) is 0.521. The Labute approximate surface area is 139 Å². The molecule has 0 saturated carbocycles. The van der Waals surface area contributed by atoms with Crippen LogP contribution in [0.25, 0.3) is 33.1 Å². The molecule has 0 radical (unpaired) electrons. The zero-order chi connectivity index (χ0) is 16.7. The van der Waals surface area contributed by atoms with Gasteiger partial charge in [-0.2, -0.15) is 0 Å². The quantitative estimate of drug-likeness (QED) is 0.593. The first-order valence-corrected chi connectivity index (χ1v) is 9.39. The molecule has 24 heavy (non-hydrogen) atoms. The van der Waals surface area contributed by atoms with Gasteiger partial charge in [0, 0.05) is 5.56 Å². The Balaban J connectivity index is 2.13. The van der Waals surface area contributed by atoms with Gasteiger partial charge in [0.05, 0.1) is 11.6 Å². The van der Waals surface area contributed by atoms with Gasteiger partial charge in [0.15, 0.2) is 5.76 Å². The van der Waals surface area contributed by atoms with Crippen LogP contribution in [0.1, 0.15) is 0 Å². The minimum Gasteiger partial charge on any atom is -0.454 e. The first kappa shape index (κ1) is 14.8. The van der Waals surface area contributed by atoms with Crippen LogP contribution in [0.4, 0.5) is 5.69 Å². The van der Waals surface area contributed by atoms with Gasteiger partial charge in [-0.1, -0.05) is 60.7 Å². The highest BCUT2D eigenvalue weighted by molar-refractivity contribution is 7.92. The normalized spacial score (nSPS) is 11.9. The van der Waals surface area contributed by atoms with E-state index in [4.69, 9.17) is 4.42 Å². The Morgan fingerprint density at radius 2 is 1.58 bits per heavy atom. The zero-order valence-corrected chi connectivity index (χ0v) is 13.8. The van der Waals surface area contributed by atoms with Gasteiger partial charge in [-0.25, -0.2) is 8.42 Å². The number of rotatable bonds is 3. The molecule has 1 N–H and O–H groups in total. The lowest BCUT2D eigenvalue weighted by molar-refractivity contribution is 0.606. The number of benzene rings is 3. The van der Waals surface area contributed by atoms with Crippen molar-refractivity contribution in [1.82, 2.24) is 0 Å². The molecule has 120 valence electrons. The van der Waals surface area contributed by atoms with Crippen molar-refractivity contribution < 1.29 is 12.8 Å². The second-order valence-electron chi connectivity index (χ2n) is 5.71. The molecule has 0 aliphatic carbocycles. The van der Waals surface area contributed by atoms with Crippen LogP contribution in [-0.4, -0.2) is 14.7 Å². The van der Waals surface area contributed by atoms with Crippen LogP contribution in [0.2, 0.25) is 0 Å². The van der Waals surface area contributed by atoms with E-state index in [0.717, 1.165) is 28.0 Å². The molecule has 0 bridgehead atoms. The first-order chi connectivity index (χ1) is 11.5. The highest BCUT2D eigenvalue weighted by atomic mass is 32.2. The molecule has 1 aromatic heterocycles. The van der Waals surface area contributed by atoms with Crippen molar-refractivity contribution in [2.24, 2.45) is 0 Å². The third-order valence-corrected chi connectivity index (χ3v) is 4.48. The fourth-order valence-corrected chi connectivity index (χ4v) is 3.51. The minimum absolute atomic E-state index is 0.482. The van der Waals surface area contributed by atoms with E-state index in [1.54, 1.807) is 0 Å². The molecule has 0 saturated heterocycles. The summed E-state index contributed by atoms with van der Waals surface area (Å²) in [4.78, 5) is 0. The number of hydrogen-bond acceptors (Lipinski definition) is 3. The monoisotopic (exact) mass is 337 g/mol. The maximum Gasteiger partial charge on any atom is 0.229 e. The SMILES string of the molecule is CS(=O)(=O)Nc1c(-c2ccccc2)oc2ccc3ccccc3c12. The molecule has 0 spiro atoms. The largest absolute Gasteiger partial charge is 0.454 e. The second-order valence-corrected chi connectivity index (χ2v) is 7.45. The number of nitrogens with one attached hydrogen (secondary N) is 1. The smallest absolute Gasteiger partial charge is 0.229 e. The Morgan fingerprint density at radius 3 is 2.33 bits per heavy atom. The fraction of sp³-hybridized carbons (Fsp3) is 0.0526. The van der Waals surface area contributed by atoms with Gasteiger partial charge in [0.25, 0.3) is 0 Å². The van der Waals surface area contributed by atoms with E-state index < -0.39 is 10.0 Å². The molecule has 0 unspecified atom stereocenters. The lowest BCUT2D eigenvalue weighted by Crippen LogP contribution is -2.09. The molecule has 0 atom stereocenters. The van der Waals surface area contributed by atoms with E-state index >= 15 is 0 Å². The lowest BCUT2D eigenvalue weighted by Gasteiger charge is -2.06. The molecular weight excluding hydrogens is 322 g/mol. The van der Waals surface area contributed by atoms with Gasteiger partial charge >= 0.3 is 0 Å². The van der Waals surface area contributed by atoms with E-state index in [1.807, 2.05) is 66.7 Å². The minimum atomic E-state index is -3.45. The second kappa shape index (κ2) is 5.39. The van der Waals surface area contributed by atoms with Crippen LogP contribution >= 0.6 is 0 Å². The van der Waals surface area contributed by atoms with E-state index in [9.17, 15) is 8.42 Å². The first-order valence-electron chi connectivity index (χ1n) is 7.50. The van der Waals surface area contributed by atoms with Crippen LogP contribution < -0.4 is 4.72 Å². The zero-order valence-electron chi connectivity index (χ0n) is 13.0. The van der Waals surface area contributed by atoms with E-state index in [2.05, 4.69) is 4.72 Å². The summed E-state index contributed by atoms with van der Waals surface area (Å²) in [7, 11) is -3.45. The Hall–Kier alpha value is -2.79. The number of sulfonamides is 1. The molecule has 0 aliphatic heterocycles. The van der Waals surface area contributed by atoms with Gasteiger partial charge in [0.2, 0.25) is 10.0 Å². The van der Waals surface area contributed by atoms with Crippen molar-refractivity contribution in [3.05, 3.63) is 66.7 Å². The molecule has 5 heteroatoms. The van der Waals surface area contributed by atoms with Crippen LogP contribution in [-0.2, 0) is 10.0 Å². The van der Waals surface area contributed by atoms with Crippen LogP contribution in [0.5, 0.6) is 0 Å². The van der Waals surface area contributed by atoms with E-state index in [0.29, 0.717) is 17.0 Å². The highest BCUT2D eigenvalue weighted by Gasteiger charge is 2.20. The molecule has 4 rings (SSSR count). The van der Waals surface area contributed by atoms with Gasteiger partial charge in [-0.3, -0.25) is 4.72 Å². The third kappa shape index (κ3) is 2.53. The van der Waals surface area contributed by atoms with Crippen molar-refractivity contribution in [2.75, 3.05) is 11.0 Å². The third-order valence-electron chi connectivity index (χ3n) is 3.90. The van der Waals surface area contributed by atoms with Crippen molar-refractivity contribution in [3.8, 4) is 11.3 Å². The average molecular weight is 337 g/mol. The Bertz CT molecular complexity index is 1150. The van der Waals surface area contributed by atoms with Crippen LogP contribution in [0.15, 0.2) is 71.1 Å². The van der Waals surface area contributed by atoms with Gasteiger partial charge in [-0.05, 0) is 16.8 Å². The van der Waals surface area contributed by atoms with Crippen molar-refractivity contribution in [1.29, 1.82) is 0 Å². The van der Waals surface area contributed by atoms with Gasteiger partial charge in [-0.15, -0.1) is 0 Å². The fourth-order valence-electron chi connectivity index (χ4n) is 2.94. The summed E-state index contributed by atoms with van der Waals surface area (Å²) in [5.41, 5.74) is 1.96. The van der Waals surface area contributed by atoms with E-state index in [1.165, 1.54) is 0 Å². The average Bonchev–Trinajstić information content (AvgIpc) is 2.93. The summed E-state index contributed by atoms with van der Waals surface area (Å²) in [6, 6.07) is 21.2. The molecule has 0 aliphatic rings. The molecule has 4 nitrogen and oxygen atoms in total. The summed E-state index contributed by atoms with van der Waals surface area (Å²) in [6.45, 7) is 0. The maximum atomic E-state index is 11.9. The van der Waals surface area contributed by atoms with Crippen molar-refractivity contribution >= 4 is 37.5 Å². The molecule has 0 amide bonds. The summed E-state index contributed by atoms with van der Waals surface area (Å²) >= 11 is 0. The van der Waals surface area contributed by atoms with E-state index in [-0.39, 0.29) is 0 Å². The molecule has 1 heterocycles. The predicted octanol–water partition coefficient (Wildman–Crippen LogP) is 4.62. The van der Waals surface area contributed by atoms with Gasteiger partial charge < -0.3 is 4.42 Å². The van der Waals surface area contributed by atoms with Crippen LogP contribution in [0.3, 0.4) is 0 Å². The Morgan fingerprint density at radius 1 is 0.875 bits per heavy atom. The number of anilines is 1. The van der Waals surface area contributed by atoms with Gasteiger partial charge in [0.1, 0.15) is 11.3 Å². The van der Waals surface area contributed by atoms with Crippen molar-refractivity contribution in [2.45, 2.75) is 0 Å². The number of furan rings is 1. The summed E-state index contributed by atoms with van der Waals surface area (Å²) in [6.07, 6.45) is 1.14. The van der Waals surface area contributed by atoms with Crippen LogP contribution in [0, 0.1) is 0 Å². The predicted molar refractivity (Wildman–Crippen MR) is 97.6 cm³/mol. The highest BCUT2D eigenvalue weighted by Crippen LogP contribution is 2.41. The maximum absolute atomic E-state index is 11.9.